The van der Waals surface area contributed by atoms with E-state index in [9.17, 15) is 10.1 Å². The van der Waals surface area contributed by atoms with Crippen molar-refractivity contribution in [1.82, 2.24) is 4.98 Å². The highest BCUT2D eigenvalue weighted by Gasteiger charge is 2.14. The van der Waals surface area contributed by atoms with Crippen molar-refractivity contribution in [2.75, 3.05) is 11.9 Å². The number of thiazole rings is 1. The number of thioether (sulfide) groups is 1. The molecular formula is C13H15N3O2S2. The Morgan fingerprint density at radius 1 is 1.50 bits per heavy atom. The van der Waals surface area contributed by atoms with E-state index in [0.717, 1.165) is 15.6 Å². The molecule has 1 N–H and O–H groups in total. The lowest BCUT2D eigenvalue weighted by atomic mass is 10.2. The molecule has 0 aliphatic carbocycles. The molecule has 1 heterocycles. The number of hydrogen-bond donors (Lipinski definition) is 1. The molecule has 0 unspecified atom stereocenters. The third-order valence-corrected chi connectivity index (χ3v) is 4.80. The number of hydrogen-bond acceptors (Lipinski definition) is 6. The number of nitrogens with one attached hydrogen (secondary N) is 1. The first kappa shape index (κ1) is 14.8. The first-order valence-electron chi connectivity index (χ1n) is 6.16. The van der Waals surface area contributed by atoms with Crippen LogP contribution in [0.5, 0.6) is 0 Å². The molecule has 106 valence electrons. The van der Waals surface area contributed by atoms with Crippen molar-refractivity contribution < 1.29 is 4.92 Å². The van der Waals surface area contributed by atoms with Crippen LogP contribution in [-0.4, -0.2) is 16.5 Å². The number of aryl methyl sites for hydroxylation is 1. The predicted octanol–water partition coefficient (Wildman–Crippen LogP) is 4.08. The molecule has 5 nitrogen and oxygen atoms in total. The molecule has 1 aromatic carbocycles. The van der Waals surface area contributed by atoms with Crippen molar-refractivity contribution >= 4 is 34.5 Å². The highest BCUT2D eigenvalue weighted by molar-refractivity contribution is 8.00. The summed E-state index contributed by atoms with van der Waals surface area (Å²) < 4.78 is 0.987. The number of nitro groups is 1. The Morgan fingerprint density at radius 3 is 2.90 bits per heavy atom. The number of nitro benzene ring substituents is 1. The summed E-state index contributed by atoms with van der Waals surface area (Å²) in [7, 11) is 0. The summed E-state index contributed by atoms with van der Waals surface area (Å²) in [6.07, 6.45) is 0. The Kier molecular flexibility index (Phi) is 4.97. The highest BCUT2D eigenvalue weighted by Crippen LogP contribution is 2.30. The van der Waals surface area contributed by atoms with Crippen LogP contribution in [0.25, 0.3) is 0 Å². The van der Waals surface area contributed by atoms with Crippen LogP contribution < -0.4 is 5.32 Å². The van der Waals surface area contributed by atoms with Crippen LogP contribution in [0.4, 0.5) is 11.4 Å². The summed E-state index contributed by atoms with van der Waals surface area (Å²) in [4.78, 5) is 15.1. The van der Waals surface area contributed by atoms with Crippen LogP contribution in [0.3, 0.4) is 0 Å². The largest absolute Gasteiger partial charge is 0.380 e. The molecular weight excluding hydrogens is 294 g/mol. The summed E-state index contributed by atoms with van der Waals surface area (Å²) in [6.45, 7) is 4.53. The lowest BCUT2D eigenvalue weighted by Crippen LogP contribution is -2.01. The molecule has 1 aromatic heterocycles. The second kappa shape index (κ2) is 6.71. The summed E-state index contributed by atoms with van der Waals surface area (Å²) in [5.41, 5.74) is 2.62. The van der Waals surface area contributed by atoms with E-state index in [0.29, 0.717) is 18.0 Å². The van der Waals surface area contributed by atoms with E-state index in [1.54, 1.807) is 35.2 Å². The van der Waals surface area contributed by atoms with Crippen molar-refractivity contribution in [1.29, 1.82) is 0 Å². The summed E-state index contributed by atoms with van der Waals surface area (Å²) in [5.74, 6) is 0.681. The molecule has 0 saturated heterocycles. The monoisotopic (exact) mass is 309 g/mol. The van der Waals surface area contributed by atoms with E-state index in [-0.39, 0.29) is 10.6 Å². The zero-order valence-electron chi connectivity index (χ0n) is 11.3. The molecule has 0 spiro atoms. The van der Waals surface area contributed by atoms with Gasteiger partial charge in [0.15, 0.2) is 0 Å². The molecule has 0 bridgehead atoms. The Hall–Kier alpha value is -1.60. The van der Waals surface area contributed by atoms with E-state index in [2.05, 4.69) is 10.3 Å². The Morgan fingerprint density at radius 2 is 2.30 bits per heavy atom. The van der Waals surface area contributed by atoms with Gasteiger partial charge < -0.3 is 5.32 Å². The molecule has 0 fully saturated rings. The van der Waals surface area contributed by atoms with Gasteiger partial charge in [-0.15, -0.1) is 11.3 Å². The third-order valence-electron chi connectivity index (χ3n) is 2.59. The van der Waals surface area contributed by atoms with Crippen LogP contribution in [0.2, 0.25) is 0 Å². The van der Waals surface area contributed by atoms with Crippen molar-refractivity contribution in [2.45, 2.75) is 23.9 Å². The quantitative estimate of drug-likeness (QED) is 0.494. The normalized spacial score (nSPS) is 10.5. The third kappa shape index (κ3) is 3.71. The molecule has 7 heteroatoms. The number of aromatic nitrogens is 1. The van der Waals surface area contributed by atoms with E-state index in [4.69, 9.17) is 0 Å². The van der Waals surface area contributed by atoms with Crippen molar-refractivity contribution in [3.63, 3.8) is 0 Å². The smallest absolute Gasteiger partial charge is 0.292 e. The SMILES string of the molecule is CCNc1ccc(CSc2nc(C)cs2)cc1[N+](=O)[O-]. The van der Waals surface area contributed by atoms with Gasteiger partial charge in [0.2, 0.25) is 0 Å². The number of anilines is 1. The molecule has 0 atom stereocenters. The number of nitrogens with zero attached hydrogens (tertiary/aromatic N) is 2. The average molecular weight is 309 g/mol. The molecule has 0 radical (unpaired) electrons. The Bertz CT molecular complexity index is 613. The minimum absolute atomic E-state index is 0.125. The predicted molar refractivity (Wildman–Crippen MR) is 83.7 cm³/mol. The van der Waals surface area contributed by atoms with Gasteiger partial charge in [0.1, 0.15) is 10.0 Å². The van der Waals surface area contributed by atoms with Gasteiger partial charge >= 0.3 is 0 Å². The first-order chi connectivity index (χ1) is 9.60. The fourth-order valence-electron chi connectivity index (χ4n) is 1.70. The highest BCUT2D eigenvalue weighted by atomic mass is 32.2. The van der Waals surface area contributed by atoms with Gasteiger partial charge in [-0.2, -0.15) is 0 Å². The number of rotatable bonds is 6. The van der Waals surface area contributed by atoms with E-state index >= 15 is 0 Å². The maximum Gasteiger partial charge on any atom is 0.292 e. The van der Waals surface area contributed by atoms with Gasteiger partial charge in [-0.25, -0.2) is 4.98 Å². The van der Waals surface area contributed by atoms with Gasteiger partial charge in [-0.05, 0) is 25.5 Å². The van der Waals surface area contributed by atoms with Crippen LogP contribution in [0, 0.1) is 17.0 Å². The Balaban J connectivity index is 2.12. The molecule has 20 heavy (non-hydrogen) atoms. The van der Waals surface area contributed by atoms with Crippen LogP contribution in [0.1, 0.15) is 18.2 Å². The van der Waals surface area contributed by atoms with Gasteiger partial charge in [-0.1, -0.05) is 17.8 Å². The summed E-state index contributed by atoms with van der Waals surface area (Å²) >= 11 is 3.19. The number of benzene rings is 1. The molecule has 2 rings (SSSR count). The van der Waals surface area contributed by atoms with Crippen molar-refractivity contribution in [2.24, 2.45) is 0 Å². The topological polar surface area (TPSA) is 68.1 Å². The first-order valence-corrected chi connectivity index (χ1v) is 8.02. The zero-order valence-corrected chi connectivity index (χ0v) is 12.9. The van der Waals surface area contributed by atoms with Gasteiger partial charge in [0, 0.05) is 29.4 Å². The minimum atomic E-state index is -0.348. The maximum absolute atomic E-state index is 11.1. The van der Waals surface area contributed by atoms with Crippen LogP contribution in [0.15, 0.2) is 27.9 Å². The minimum Gasteiger partial charge on any atom is -0.380 e. The lowest BCUT2D eigenvalue weighted by Gasteiger charge is -2.06. The summed E-state index contributed by atoms with van der Waals surface area (Å²) in [5, 5.41) is 16.1. The van der Waals surface area contributed by atoms with Gasteiger partial charge in [-0.3, -0.25) is 10.1 Å². The van der Waals surface area contributed by atoms with Gasteiger partial charge in [0.05, 0.1) is 4.92 Å². The standard InChI is InChI=1S/C13H15N3O2S2/c1-3-14-11-5-4-10(6-12(11)16(17)18)8-20-13-15-9(2)7-19-13/h4-7,14H,3,8H2,1-2H3. The lowest BCUT2D eigenvalue weighted by molar-refractivity contribution is -0.384. The van der Waals surface area contributed by atoms with Crippen LogP contribution >= 0.6 is 23.1 Å². The zero-order chi connectivity index (χ0) is 14.5. The molecule has 0 saturated carbocycles. The van der Waals surface area contributed by atoms with Crippen molar-refractivity contribution in [3.05, 3.63) is 45.0 Å². The second-order valence-electron chi connectivity index (χ2n) is 4.18. The van der Waals surface area contributed by atoms with Gasteiger partial charge in [0.25, 0.3) is 5.69 Å². The molecule has 0 aliphatic rings. The summed E-state index contributed by atoms with van der Waals surface area (Å²) in [6, 6.07) is 5.31. The Labute approximate surface area is 125 Å². The van der Waals surface area contributed by atoms with E-state index in [1.807, 2.05) is 25.3 Å². The maximum atomic E-state index is 11.1. The second-order valence-corrected chi connectivity index (χ2v) is 6.26. The van der Waals surface area contributed by atoms with E-state index in [1.165, 1.54) is 0 Å². The molecule has 0 amide bonds. The fraction of sp³-hybridized carbons (Fsp3) is 0.308. The average Bonchev–Trinajstić information content (AvgIpc) is 2.83. The molecule has 2 aromatic rings. The van der Waals surface area contributed by atoms with Crippen molar-refractivity contribution in [3.8, 4) is 0 Å². The fourth-order valence-corrected chi connectivity index (χ4v) is 3.49. The molecule has 0 aliphatic heterocycles. The van der Waals surface area contributed by atoms with E-state index < -0.39 is 0 Å². The van der Waals surface area contributed by atoms with Crippen LogP contribution in [-0.2, 0) is 5.75 Å².